The van der Waals surface area contributed by atoms with Gasteiger partial charge in [-0.05, 0) is 18.9 Å². The summed E-state index contributed by atoms with van der Waals surface area (Å²) in [4.78, 5) is 33.4. The average molecular weight is 311 g/mol. The van der Waals surface area contributed by atoms with E-state index in [1.807, 2.05) is 13.8 Å². The number of hydrogen-bond acceptors (Lipinski definition) is 6. The monoisotopic (exact) mass is 311 g/mol. The lowest BCUT2D eigenvalue weighted by molar-refractivity contribution is -0.393. The van der Waals surface area contributed by atoms with Gasteiger partial charge < -0.3 is 10.0 Å². The molecule has 0 saturated carbocycles. The Balaban J connectivity index is 3.59. The van der Waals surface area contributed by atoms with E-state index in [0.717, 1.165) is 12.1 Å². The molecule has 0 aromatic heterocycles. The minimum Gasteiger partial charge on any atom is -0.477 e. The molecule has 0 atom stereocenters. The molecule has 0 unspecified atom stereocenters. The normalized spacial score (nSPS) is 10.3. The molecular formula is C13H17N3O6. The van der Waals surface area contributed by atoms with Gasteiger partial charge in [0.25, 0.3) is 11.4 Å². The summed E-state index contributed by atoms with van der Waals surface area (Å²) in [5.74, 6) is -1.49. The Labute approximate surface area is 126 Å². The maximum absolute atomic E-state index is 11.2. The van der Waals surface area contributed by atoms with E-state index in [0.29, 0.717) is 25.9 Å². The summed E-state index contributed by atoms with van der Waals surface area (Å²) < 4.78 is 0. The van der Waals surface area contributed by atoms with Crippen molar-refractivity contribution in [3.63, 3.8) is 0 Å². The predicted octanol–water partition coefficient (Wildman–Crippen LogP) is 2.83. The summed E-state index contributed by atoms with van der Waals surface area (Å²) in [6.07, 6.45) is 1.41. The van der Waals surface area contributed by atoms with Gasteiger partial charge in [-0.2, -0.15) is 0 Å². The number of carboxylic acids is 1. The Bertz CT molecular complexity index is 596. The second-order valence-corrected chi connectivity index (χ2v) is 4.66. The Morgan fingerprint density at radius 1 is 1.09 bits per heavy atom. The van der Waals surface area contributed by atoms with Gasteiger partial charge in [0.15, 0.2) is 0 Å². The summed E-state index contributed by atoms with van der Waals surface area (Å²) in [6.45, 7) is 4.76. The highest BCUT2D eigenvalue weighted by Crippen LogP contribution is 2.35. The van der Waals surface area contributed by atoms with Crippen LogP contribution in [0.15, 0.2) is 12.1 Å². The largest absolute Gasteiger partial charge is 0.477 e. The van der Waals surface area contributed by atoms with Crippen molar-refractivity contribution in [1.29, 1.82) is 0 Å². The van der Waals surface area contributed by atoms with Crippen LogP contribution in [0.1, 0.15) is 37.0 Å². The number of nitrogens with zero attached hydrogens (tertiary/aromatic N) is 3. The number of carboxylic acid groups (broad SMARTS) is 1. The molecule has 9 heteroatoms. The van der Waals surface area contributed by atoms with Crippen LogP contribution in [0.4, 0.5) is 17.1 Å². The van der Waals surface area contributed by atoms with Crippen LogP contribution in [-0.4, -0.2) is 34.0 Å². The highest BCUT2D eigenvalue weighted by atomic mass is 16.6. The standard InChI is InChI=1S/C13H17N3O6/c1-3-5-14(6-4-2)11-7-9(13(17)18)10(15(19)20)8-12(11)16(21)22/h7-8H,3-6H2,1-2H3,(H,17,18). The van der Waals surface area contributed by atoms with E-state index < -0.39 is 32.8 Å². The van der Waals surface area contributed by atoms with Gasteiger partial charge in [-0.15, -0.1) is 0 Å². The minimum atomic E-state index is -1.49. The molecule has 120 valence electrons. The predicted molar refractivity (Wildman–Crippen MR) is 79.5 cm³/mol. The summed E-state index contributed by atoms with van der Waals surface area (Å²) in [7, 11) is 0. The number of aromatic carboxylic acids is 1. The van der Waals surface area contributed by atoms with Gasteiger partial charge >= 0.3 is 5.97 Å². The zero-order valence-electron chi connectivity index (χ0n) is 12.3. The third-order valence-corrected chi connectivity index (χ3v) is 3.04. The number of nitro benzene ring substituents is 2. The fourth-order valence-corrected chi connectivity index (χ4v) is 2.18. The Kier molecular flexibility index (Phi) is 5.79. The first-order valence-electron chi connectivity index (χ1n) is 6.78. The number of nitro groups is 2. The Morgan fingerprint density at radius 2 is 1.59 bits per heavy atom. The van der Waals surface area contributed by atoms with Crippen LogP contribution in [0.25, 0.3) is 0 Å². The van der Waals surface area contributed by atoms with Crippen LogP contribution in [0.5, 0.6) is 0 Å². The van der Waals surface area contributed by atoms with Gasteiger partial charge in [-0.1, -0.05) is 13.8 Å². The first kappa shape index (κ1) is 17.3. The van der Waals surface area contributed by atoms with Crippen molar-refractivity contribution in [1.82, 2.24) is 0 Å². The lowest BCUT2D eigenvalue weighted by Gasteiger charge is -2.23. The molecule has 0 aliphatic rings. The smallest absolute Gasteiger partial charge is 0.342 e. The van der Waals surface area contributed by atoms with Gasteiger partial charge in [0.05, 0.1) is 15.9 Å². The van der Waals surface area contributed by atoms with E-state index in [4.69, 9.17) is 5.11 Å². The van der Waals surface area contributed by atoms with Crippen molar-refractivity contribution in [2.45, 2.75) is 26.7 Å². The first-order chi connectivity index (χ1) is 10.3. The van der Waals surface area contributed by atoms with Crippen LogP contribution >= 0.6 is 0 Å². The molecule has 0 bridgehead atoms. The van der Waals surface area contributed by atoms with Crippen molar-refractivity contribution < 1.29 is 19.7 Å². The minimum absolute atomic E-state index is 0.0942. The van der Waals surface area contributed by atoms with Crippen LogP contribution < -0.4 is 4.90 Å². The van der Waals surface area contributed by atoms with Gasteiger partial charge in [-0.3, -0.25) is 20.2 Å². The van der Waals surface area contributed by atoms with E-state index in [9.17, 15) is 25.0 Å². The quantitative estimate of drug-likeness (QED) is 0.577. The summed E-state index contributed by atoms with van der Waals surface area (Å²) in [6, 6.07) is 1.74. The van der Waals surface area contributed by atoms with Crippen molar-refractivity contribution in [3.8, 4) is 0 Å². The van der Waals surface area contributed by atoms with Crippen LogP contribution in [-0.2, 0) is 0 Å². The molecule has 0 amide bonds. The maximum Gasteiger partial charge on any atom is 0.342 e. The molecule has 0 heterocycles. The molecular weight excluding hydrogens is 294 g/mol. The highest BCUT2D eigenvalue weighted by Gasteiger charge is 2.29. The molecule has 9 nitrogen and oxygen atoms in total. The Hall–Kier alpha value is -2.71. The molecule has 0 fully saturated rings. The number of carbonyl (C=O) groups is 1. The van der Waals surface area contributed by atoms with Crippen LogP contribution in [0.3, 0.4) is 0 Å². The van der Waals surface area contributed by atoms with E-state index in [1.165, 1.54) is 0 Å². The zero-order valence-corrected chi connectivity index (χ0v) is 12.3. The molecule has 0 radical (unpaired) electrons. The molecule has 1 aromatic rings. The molecule has 0 aliphatic carbocycles. The zero-order chi connectivity index (χ0) is 16.9. The van der Waals surface area contributed by atoms with Crippen molar-refractivity contribution in [3.05, 3.63) is 37.9 Å². The highest BCUT2D eigenvalue weighted by molar-refractivity contribution is 5.95. The lowest BCUT2D eigenvalue weighted by atomic mass is 10.1. The summed E-state index contributed by atoms with van der Waals surface area (Å²) in [5, 5.41) is 31.3. The van der Waals surface area contributed by atoms with E-state index in [-0.39, 0.29) is 5.69 Å². The van der Waals surface area contributed by atoms with E-state index in [2.05, 4.69) is 0 Å². The van der Waals surface area contributed by atoms with Crippen molar-refractivity contribution in [2.75, 3.05) is 18.0 Å². The SMILES string of the molecule is CCCN(CCC)c1cc(C(=O)O)c([N+](=O)[O-])cc1[N+](=O)[O-]. The molecule has 1 N–H and O–H groups in total. The van der Waals surface area contributed by atoms with Gasteiger partial charge in [0.2, 0.25) is 0 Å². The van der Waals surface area contributed by atoms with E-state index >= 15 is 0 Å². The topological polar surface area (TPSA) is 127 Å². The molecule has 0 saturated heterocycles. The molecule has 1 rings (SSSR count). The summed E-state index contributed by atoms with van der Waals surface area (Å²) >= 11 is 0. The molecule has 1 aromatic carbocycles. The first-order valence-corrected chi connectivity index (χ1v) is 6.78. The lowest BCUT2D eigenvalue weighted by Crippen LogP contribution is -2.26. The Morgan fingerprint density at radius 3 is 1.95 bits per heavy atom. The van der Waals surface area contributed by atoms with E-state index in [1.54, 1.807) is 4.90 Å². The summed E-state index contributed by atoms with van der Waals surface area (Å²) in [5.41, 5.74) is -1.70. The third kappa shape index (κ3) is 3.68. The van der Waals surface area contributed by atoms with Gasteiger partial charge in [0, 0.05) is 13.1 Å². The number of rotatable bonds is 8. The van der Waals surface area contributed by atoms with Crippen molar-refractivity contribution >= 4 is 23.0 Å². The van der Waals surface area contributed by atoms with Crippen molar-refractivity contribution in [2.24, 2.45) is 0 Å². The second kappa shape index (κ2) is 7.34. The number of anilines is 1. The van der Waals surface area contributed by atoms with Crippen LogP contribution in [0.2, 0.25) is 0 Å². The van der Waals surface area contributed by atoms with Crippen LogP contribution in [0, 0.1) is 20.2 Å². The maximum atomic E-state index is 11.2. The number of benzene rings is 1. The fraction of sp³-hybridized carbons (Fsp3) is 0.462. The fourth-order valence-electron chi connectivity index (χ4n) is 2.18. The molecule has 0 spiro atoms. The molecule has 22 heavy (non-hydrogen) atoms. The number of hydrogen-bond donors (Lipinski definition) is 1. The second-order valence-electron chi connectivity index (χ2n) is 4.66. The third-order valence-electron chi connectivity index (χ3n) is 3.04. The van der Waals surface area contributed by atoms with Gasteiger partial charge in [0.1, 0.15) is 11.3 Å². The molecule has 0 aliphatic heterocycles. The van der Waals surface area contributed by atoms with Gasteiger partial charge in [-0.25, -0.2) is 4.79 Å². The average Bonchev–Trinajstić information content (AvgIpc) is 2.45.